The van der Waals surface area contributed by atoms with Crippen LogP contribution in [0.3, 0.4) is 0 Å². The smallest absolute Gasteiger partial charge is 0.0399 e. The predicted molar refractivity (Wildman–Crippen MR) is 193 cm³/mol. The van der Waals surface area contributed by atoms with Gasteiger partial charge in [-0.05, 0) is 83.4 Å². The third-order valence-electron chi connectivity index (χ3n) is 9.41. The average Bonchev–Trinajstić information content (AvgIpc) is 3.57. The normalized spacial score (nSPS) is 13.1. The molecule has 0 saturated heterocycles. The highest BCUT2D eigenvalue weighted by atomic mass is 32.1. The highest BCUT2D eigenvalue weighted by molar-refractivity contribution is 7.22. The van der Waals surface area contributed by atoms with E-state index in [4.69, 9.17) is 0 Å². The van der Waals surface area contributed by atoms with Gasteiger partial charge in [0.1, 0.15) is 0 Å². The van der Waals surface area contributed by atoms with E-state index in [1.54, 1.807) is 0 Å². The number of hydrogen-bond donors (Lipinski definition) is 0. The Morgan fingerprint density at radius 1 is 0.500 bits per heavy atom. The third kappa shape index (κ3) is 3.76. The maximum absolute atomic E-state index is 4.38. The van der Waals surface area contributed by atoms with Crippen molar-refractivity contribution in [3.8, 4) is 43.8 Å². The summed E-state index contributed by atoms with van der Waals surface area (Å²) in [6.07, 6.45) is 4.05. The SMILES string of the molecule is C=Cc1c(C=C)c(-c2cccc3c2C(C)(C)c2c-3sc3ccccc23)c2ccccc2c1-c1ccc(-c2ccccc2)cc1. The van der Waals surface area contributed by atoms with E-state index in [0.29, 0.717) is 0 Å². The van der Waals surface area contributed by atoms with Crippen LogP contribution in [0.1, 0.15) is 36.1 Å². The molecule has 1 heterocycles. The van der Waals surface area contributed by atoms with Crippen LogP contribution in [0.2, 0.25) is 0 Å². The first kappa shape index (κ1) is 26.6. The predicted octanol–water partition coefficient (Wildman–Crippen LogP) is 12.6. The van der Waals surface area contributed by atoms with E-state index in [1.165, 1.54) is 75.8 Å². The molecule has 0 spiro atoms. The van der Waals surface area contributed by atoms with Crippen molar-refractivity contribution in [2.45, 2.75) is 19.3 Å². The van der Waals surface area contributed by atoms with Gasteiger partial charge >= 0.3 is 0 Å². The maximum atomic E-state index is 4.38. The molecule has 0 amide bonds. The summed E-state index contributed by atoms with van der Waals surface area (Å²) in [6.45, 7) is 13.5. The summed E-state index contributed by atoms with van der Waals surface area (Å²) in [5.74, 6) is 0. The minimum atomic E-state index is -0.152. The molecule has 0 radical (unpaired) electrons. The van der Waals surface area contributed by atoms with Gasteiger partial charge in [0.15, 0.2) is 0 Å². The fourth-order valence-corrected chi connectivity index (χ4v) is 8.96. The molecule has 0 aliphatic heterocycles. The van der Waals surface area contributed by atoms with Crippen molar-refractivity contribution in [2.75, 3.05) is 0 Å². The molecule has 0 atom stereocenters. The standard InChI is InChI=1S/C43H32S/c1-5-30-31(6-2)39(35-20-14-21-36-40(35)43(3,4)41-34-19-12-13-22-37(34)44-42(36)41)33-18-11-10-17-32(33)38(30)29-25-23-28(24-26-29)27-15-8-7-9-16-27/h5-26H,1-2H2,3-4H3. The van der Waals surface area contributed by atoms with Gasteiger partial charge in [0, 0.05) is 15.0 Å². The van der Waals surface area contributed by atoms with Crippen LogP contribution in [-0.2, 0) is 5.41 Å². The zero-order valence-corrected chi connectivity index (χ0v) is 25.8. The van der Waals surface area contributed by atoms with Gasteiger partial charge in [0.25, 0.3) is 0 Å². The topological polar surface area (TPSA) is 0 Å². The molecule has 0 saturated carbocycles. The van der Waals surface area contributed by atoms with Gasteiger partial charge in [-0.3, -0.25) is 0 Å². The van der Waals surface area contributed by atoms with Gasteiger partial charge in [0.05, 0.1) is 0 Å². The van der Waals surface area contributed by atoms with E-state index in [9.17, 15) is 0 Å². The molecule has 8 rings (SSSR count). The van der Waals surface area contributed by atoms with Crippen LogP contribution in [-0.4, -0.2) is 0 Å². The van der Waals surface area contributed by atoms with Crippen LogP contribution in [0.15, 0.2) is 134 Å². The molecule has 0 nitrogen and oxygen atoms in total. The number of thiophene rings is 1. The Labute approximate surface area is 263 Å². The lowest BCUT2D eigenvalue weighted by atomic mass is 9.75. The van der Waals surface area contributed by atoms with Crippen molar-refractivity contribution in [3.63, 3.8) is 0 Å². The van der Waals surface area contributed by atoms with Crippen molar-refractivity contribution in [1.29, 1.82) is 0 Å². The van der Waals surface area contributed by atoms with E-state index < -0.39 is 0 Å². The average molecular weight is 581 g/mol. The van der Waals surface area contributed by atoms with Crippen molar-refractivity contribution < 1.29 is 0 Å². The largest absolute Gasteiger partial charge is 0.135 e. The molecule has 1 aliphatic rings. The Morgan fingerprint density at radius 2 is 1.05 bits per heavy atom. The number of benzene rings is 6. The highest BCUT2D eigenvalue weighted by Crippen LogP contribution is 2.58. The summed E-state index contributed by atoms with van der Waals surface area (Å²) in [6, 6.07) is 44.1. The lowest BCUT2D eigenvalue weighted by molar-refractivity contribution is 0.669. The van der Waals surface area contributed by atoms with Crippen LogP contribution in [0.4, 0.5) is 0 Å². The lowest BCUT2D eigenvalue weighted by Gasteiger charge is -2.27. The van der Waals surface area contributed by atoms with Crippen molar-refractivity contribution >= 4 is 44.3 Å². The molecule has 0 N–H and O–H groups in total. The first-order valence-electron chi connectivity index (χ1n) is 15.2. The number of fused-ring (bicyclic) bond motifs is 6. The second-order valence-corrected chi connectivity index (χ2v) is 13.2. The van der Waals surface area contributed by atoms with Crippen molar-refractivity contribution in [3.05, 3.63) is 157 Å². The van der Waals surface area contributed by atoms with Crippen LogP contribution in [0.5, 0.6) is 0 Å². The summed E-state index contributed by atoms with van der Waals surface area (Å²) in [4.78, 5) is 1.40. The van der Waals surface area contributed by atoms with E-state index in [2.05, 4.69) is 148 Å². The summed E-state index contributed by atoms with van der Waals surface area (Å²) >= 11 is 1.92. The second kappa shape index (κ2) is 10.0. The monoisotopic (exact) mass is 580 g/mol. The minimum Gasteiger partial charge on any atom is -0.135 e. The maximum Gasteiger partial charge on any atom is 0.0399 e. The molecular weight excluding hydrogens is 549 g/mol. The van der Waals surface area contributed by atoms with Crippen LogP contribution in [0, 0.1) is 0 Å². The molecule has 0 bridgehead atoms. The Bertz CT molecular complexity index is 2260. The Balaban J connectivity index is 1.40. The fourth-order valence-electron chi connectivity index (χ4n) is 7.57. The van der Waals surface area contributed by atoms with Gasteiger partial charge in [-0.15, -0.1) is 11.3 Å². The zero-order chi connectivity index (χ0) is 30.0. The lowest BCUT2D eigenvalue weighted by Crippen LogP contribution is -2.16. The molecule has 0 fully saturated rings. The Hall–Kier alpha value is -4.98. The summed E-state index contributed by atoms with van der Waals surface area (Å²) < 4.78 is 1.36. The summed E-state index contributed by atoms with van der Waals surface area (Å²) in [5.41, 5.74) is 13.6. The molecule has 1 aromatic heterocycles. The van der Waals surface area contributed by atoms with Crippen LogP contribution in [0.25, 0.3) is 76.8 Å². The van der Waals surface area contributed by atoms with Crippen molar-refractivity contribution in [1.82, 2.24) is 0 Å². The van der Waals surface area contributed by atoms with Gasteiger partial charge in [-0.25, -0.2) is 0 Å². The van der Waals surface area contributed by atoms with E-state index in [0.717, 1.165) is 11.1 Å². The van der Waals surface area contributed by atoms with E-state index in [-0.39, 0.29) is 5.41 Å². The van der Waals surface area contributed by atoms with Gasteiger partial charge in [-0.1, -0.05) is 154 Å². The van der Waals surface area contributed by atoms with Gasteiger partial charge < -0.3 is 0 Å². The molecule has 6 aromatic carbocycles. The van der Waals surface area contributed by atoms with Crippen LogP contribution < -0.4 is 0 Å². The zero-order valence-electron chi connectivity index (χ0n) is 25.0. The summed E-state index contributed by atoms with van der Waals surface area (Å²) in [7, 11) is 0. The summed E-state index contributed by atoms with van der Waals surface area (Å²) in [5, 5.41) is 3.83. The van der Waals surface area contributed by atoms with Crippen LogP contribution >= 0.6 is 11.3 Å². The number of hydrogen-bond acceptors (Lipinski definition) is 1. The molecule has 1 aliphatic carbocycles. The Kier molecular flexibility index (Phi) is 6.08. The fraction of sp³-hybridized carbons (Fsp3) is 0.0698. The quantitative estimate of drug-likeness (QED) is 0.190. The molecular formula is C43H32S. The highest BCUT2D eigenvalue weighted by Gasteiger charge is 2.41. The van der Waals surface area contributed by atoms with Gasteiger partial charge in [-0.2, -0.15) is 0 Å². The molecule has 7 aromatic rings. The van der Waals surface area contributed by atoms with Gasteiger partial charge in [0.2, 0.25) is 0 Å². The first-order chi connectivity index (χ1) is 21.5. The second-order valence-electron chi connectivity index (χ2n) is 12.1. The molecule has 44 heavy (non-hydrogen) atoms. The minimum absolute atomic E-state index is 0.152. The number of rotatable bonds is 5. The molecule has 210 valence electrons. The third-order valence-corrected chi connectivity index (χ3v) is 10.6. The molecule has 1 heteroatoms. The first-order valence-corrected chi connectivity index (χ1v) is 16.0. The van der Waals surface area contributed by atoms with Crippen molar-refractivity contribution in [2.24, 2.45) is 0 Å². The van der Waals surface area contributed by atoms with E-state index >= 15 is 0 Å². The molecule has 0 unspecified atom stereocenters. The Morgan fingerprint density at radius 3 is 1.75 bits per heavy atom. The van der Waals surface area contributed by atoms with E-state index in [1.807, 2.05) is 23.5 Å².